The molecule has 1 N–H and O–H groups in total. The number of aryl methyl sites for hydroxylation is 1. The van der Waals surface area contributed by atoms with Gasteiger partial charge in [-0.15, -0.1) is 11.3 Å². The van der Waals surface area contributed by atoms with Crippen molar-refractivity contribution >= 4 is 38.9 Å². The molecule has 0 bridgehead atoms. The Morgan fingerprint density at radius 2 is 2.35 bits per heavy atom. The smallest absolute Gasteiger partial charge is 0.230 e. The number of nitrogens with zero attached hydrogens (tertiary/aromatic N) is 1. The van der Waals surface area contributed by atoms with E-state index in [-0.39, 0.29) is 5.91 Å². The largest absolute Gasteiger partial charge is 0.326 e. The quantitative estimate of drug-likeness (QED) is 0.944. The molecule has 0 aliphatic heterocycles. The summed E-state index contributed by atoms with van der Waals surface area (Å²) in [6.45, 7) is 1.99. The van der Waals surface area contributed by atoms with Crippen molar-refractivity contribution in [3.05, 3.63) is 44.8 Å². The molecular formula is C12H11BrN2OS. The van der Waals surface area contributed by atoms with E-state index in [0.29, 0.717) is 6.42 Å². The number of hydrogen-bond donors (Lipinski definition) is 1. The van der Waals surface area contributed by atoms with E-state index < -0.39 is 0 Å². The molecule has 2 aromatic rings. The number of nitrogens with one attached hydrogen (secondary N) is 1. The van der Waals surface area contributed by atoms with E-state index in [4.69, 9.17) is 0 Å². The van der Waals surface area contributed by atoms with Crippen molar-refractivity contribution in [3.63, 3.8) is 0 Å². The van der Waals surface area contributed by atoms with E-state index in [1.807, 2.05) is 30.5 Å². The molecule has 1 amide bonds. The number of benzene rings is 1. The predicted molar refractivity (Wildman–Crippen MR) is 73.3 cm³/mol. The Morgan fingerprint density at radius 3 is 3.00 bits per heavy atom. The summed E-state index contributed by atoms with van der Waals surface area (Å²) in [7, 11) is 0. The summed E-state index contributed by atoms with van der Waals surface area (Å²) < 4.78 is 1.04. The second kappa shape index (κ2) is 5.42. The zero-order chi connectivity index (χ0) is 12.3. The van der Waals surface area contributed by atoms with Gasteiger partial charge in [0.1, 0.15) is 0 Å². The third-order valence-electron chi connectivity index (χ3n) is 2.27. The number of carbonyl (C=O) groups is 1. The van der Waals surface area contributed by atoms with Crippen LogP contribution in [0.1, 0.15) is 11.3 Å². The van der Waals surface area contributed by atoms with Crippen LogP contribution in [0.3, 0.4) is 0 Å². The number of aromatic nitrogens is 1. The first kappa shape index (κ1) is 12.3. The van der Waals surface area contributed by atoms with Gasteiger partial charge < -0.3 is 5.32 Å². The third kappa shape index (κ3) is 3.38. The number of thiazole rings is 1. The van der Waals surface area contributed by atoms with Gasteiger partial charge in [-0.25, -0.2) is 4.98 Å². The average Bonchev–Trinajstić information content (AvgIpc) is 2.76. The standard InChI is InChI=1S/C12H11BrN2OS/c1-8-4-9(2-3-11(8)13)15-12(16)5-10-6-17-7-14-10/h2-4,6-7H,5H2,1H3,(H,15,16). The fourth-order valence-electron chi connectivity index (χ4n) is 1.42. The van der Waals surface area contributed by atoms with Crippen LogP contribution in [0.2, 0.25) is 0 Å². The fourth-order valence-corrected chi connectivity index (χ4v) is 2.22. The van der Waals surface area contributed by atoms with E-state index >= 15 is 0 Å². The van der Waals surface area contributed by atoms with Crippen LogP contribution in [0.4, 0.5) is 5.69 Å². The molecule has 0 spiro atoms. The molecule has 17 heavy (non-hydrogen) atoms. The summed E-state index contributed by atoms with van der Waals surface area (Å²) >= 11 is 4.92. The Kier molecular flexibility index (Phi) is 3.91. The molecule has 5 heteroatoms. The lowest BCUT2D eigenvalue weighted by Crippen LogP contribution is -2.14. The van der Waals surface area contributed by atoms with Gasteiger partial charge in [0.15, 0.2) is 0 Å². The molecule has 0 atom stereocenters. The molecule has 0 saturated heterocycles. The van der Waals surface area contributed by atoms with Crippen LogP contribution in [0.5, 0.6) is 0 Å². The second-order valence-corrected chi connectivity index (χ2v) is 5.24. The Bertz CT molecular complexity index is 525. The van der Waals surface area contributed by atoms with Crippen molar-refractivity contribution in [2.45, 2.75) is 13.3 Å². The first-order chi connectivity index (χ1) is 8.15. The molecule has 88 valence electrons. The number of anilines is 1. The number of carbonyl (C=O) groups excluding carboxylic acids is 1. The first-order valence-corrected chi connectivity index (χ1v) is 6.82. The molecule has 0 unspecified atom stereocenters. The highest BCUT2D eigenvalue weighted by molar-refractivity contribution is 9.10. The van der Waals surface area contributed by atoms with Gasteiger partial charge in [0.25, 0.3) is 0 Å². The maximum atomic E-state index is 11.7. The second-order valence-electron chi connectivity index (χ2n) is 3.67. The van der Waals surface area contributed by atoms with Crippen molar-refractivity contribution in [1.82, 2.24) is 4.98 Å². The maximum Gasteiger partial charge on any atom is 0.230 e. The Hall–Kier alpha value is -1.20. The Morgan fingerprint density at radius 1 is 1.53 bits per heavy atom. The SMILES string of the molecule is Cc1cc(NC(=O)Cc2cscn2)ccc1Br. The molecular weight excluding hydrogens is 300 g/mol. The van der Waals surface area contributed by atoms with Gasteiger partial charge in [0.05, 0.1) is 17.6 Å². The van der Waals surface area contributed by atoms with E-state index in [1.54, 1.807) is 5.51 Å². The maximum absolute atomic E-state index is 11.7. The average molecular weight is 311 g/mol. The van der Waals surface area contributed by atoms with Crippen LogP contribution >= 0.6 is 27.3 Å². The fraction of sp³-hybridized carbons (Fsp3) is 0.167. The van der Waals surface area contributed by atoms with E-state index in [9.17, 15) is 4.79 Å². The molecule has 0 aliphatic carbocycles. The highest BCUT2D eigenvalue weighted by Gasteiger charge is 2.06. The van der Waals surface area contributed by atoms with Crippen molar-refractivity contribution in [1.29, 1.82) is 0 Å². The zero-order valence-corrected chi connectivity index (χ0v) is 11.6. The van der Waals surface area contributed by atoms with Gasteiger partial charge in [0, 0.05) is 15.5 Å². The Balaban J connectivity index is 2.00. The predicted octanol–water partition coefficient (Wildman–Crippen LogP) is 3.40. The summed E-state index contributed by atoms with van der Waals surface area (Å²) in [6, 6.07) is 5.73. The normalized spacial score (nSPS) is 10.2. The minimum Gasteiger partial charge on any atom is -0.326 e. The summed E-state index contributed by atoms with van der Waals surface area (Å²) in [4.78, 5) is 15.8. The lowest BCUT2D eigenvalue weighted by Gasteiger charge is -2.06. The van der Waals surface area contributed by atoms with E-state index in [1.165, 1.54) is 11.3 Å². The number of hydrogen-bond acceptors (Lipinski definition) is 3. The van der Waals surface area contributed by atoms with Gasteiger partial charge in [-0.1, -0.05) is 15.9 Å². The van der Waals surface area contributed by atoms with Gasteiger partial charge >= 0.3 is 0 Å². The summed E-state index contributed by atoms with van der Waals surface area (Å²) in [5, 5.41) is 4.73. The van der Waals surface area contributed by atoms with Gasteiger partial charge in [-0.2, -0.15) is 0 Å². The van der Waals surface area contributed by atoms with Gasteiger partial charge in [0.2, 0.25) is 5.91 Å². The molecule has 1 aromatic heterocycles. The monoisotopic (exact) mass is 310 g/mol. The molecule has 1 heterocycles. The molecule has 0 radical (unpaired) electrons. The molecule has 0 fully saturated rings. The lowest BCUT2D eigenvalue weighted by molar-refractivity contribution is -0.115. The van der Waals surface area contributed by atoms with Gasteiger partial charge in [-0.05, 0) is 30.7 Å². The summed E-state index contributed by atoms with van der Waals surface area (Å²) in [5.41, 5.74) is 4.44. The van der Waals surface area contributed by atoms with Gasteiger partial charge in [-0.3, -0.25) is 4.79 Å². The van der Waals surface area contributed by atoms with Crippen LogP contribution in [0.25, 0.3) is 0 Å². The minimum absolute atomic E-state index is 0.0439. The Labute approximate surface area is 112 Å². The van der Waals surface area contributed by atoms with Crippen molar-refractivity contribution in [2.75, 3.05) is 5.32 Å². The lowest BCUT2D eigenvalue weighted by atomic mass is 10.2. The molecule has 0 aliphatic rings. The van der Waals surface area contributed by atoms with E-state index in [0.717, 1.165) is 21.4 Å². The molecule has 1 aromatic carbocycles. The number of halogens is 1. The number of rotatable bonds is 3. The topological polar surface area (TPSA) is 42.0 Å². The minimum atomic E-state index is -0.0439. The molecule has 2 rings (SSSR count). The third-order valence-corrected chi connectivity index (χ3v) is 3.79. The van der Waals surface area contributed by atoms with Crippen molar-refractivity contribution in [3.8, 4) is 0 Å². The summed E-state index contributed by atoms with van der Waals surface area (Å²) in [6.07, 6.45) is 0.318. The summed E-state index contributed by atoms with van der Waals surface area (Å²) in [5.74, 6) is -0.0439. The zero-order valence-electron chi connectivity index (χ0n) is 9.24. The highest BCUT2D eigenvalue weighted by Crippen LogP contribution is 2.20. The number of amides is 1. The molecule has 0 saturated carbocycles. The van der Waals surface area contributed by atoms with Crippen LogP contribution in [-0.4, -0.2) is 10.9 Å². The van der Waals surface area contributed by atoms with Crippen LogP contribution in [0.15, 0.2) is 33.6 Å². The van der Waals surface area contributed by atoms with Crippen LogP contribution in [-0.2, 0) is 11.2 Å². The highest BCUT2D eigenvalue weighted by atomic mass is 79.9. The van der Waals surface area contributed by atoms with Crippen LogP contribution in [0, 0.1) is 6.92 Å². The first-order valence-electron chi connectivity index (χ1n) is 5.08. The molecule has 3 nitrogen and oxygen atoms in total. The van der Waals surface area contributed by atoms with Crippen molar-refractivity contribution < 1.29 is 4.79 Å². The van der Waals surface area contributed by atoms with Crippen LogP contribution < -0.4 is 5.32 Å². The van der Waals surface area contributed by atoms with E-state index in [2.05, 4.69) is 26.2 Å². The van der Waals surface area contributed by atoms with Crippen molar-refractivity contribution in [2.24, 2.45) is 0 Å².